The summed E-state index contributed by atoms with van der Waals surface area (Å²) >= 11 is 0. The van der Waals surface area contributed by atoms with Crippen molar-refractivity contribution >= 4 is 15.9 Å². The van der Waals surface area contributed by atoms with Crippen LogP contribution in [0.1, 0.15) is 73.1 Å². The highest BCUT2D eigenvalue weighted by molar-refractivity contribution is 7.89. The lowest BCUT2D eigenvalue weighted by Gasteiger charge is -2.36. The first-order valence-corrected chi connectivity index (χ1v) is 14.7. The molecule has 2 atom stereocenters. The number of carbonyl (C=O) groups excluding carboxylic acids is 1. The number of sulfonamides is 1. The molecule has 7 nitrogen and oxygen atoms in total. The number of aryl methyl sites for hydroxylation is 1. The van der Waals surface area contributed by atoms with Crippen molar-refractivity contribution in [3.63, 3.8) is 0 Å². The number of benzene rings is 2. The van der Waals surface area contributed by atoms with Gasteiger partial charge in [0.2, 0.25) is 15.9 Å². The van der Waals surface area contributed by atoms with Crippen molar-refractivity contribution in [2.75, 3.05) is 6.54 Å². The molecule has 0 bridgehead atoms. The van der Waals surface area contributed by atoms with Crippen molar-refractivity contribution < 1.29 is 26.4 Å². The van der Waals surface area contributed by atoms with Crippen molar-refractivity contribution in [3.8, 4) is 0 Å². The third-order valence-corrected chi connectivity index (χ3v) is 9.70. The highest BCUT2D eigenvalue weighted by Gasteiger charge is 2.39. The van der Waals surface area contributed by atoms with E-state index in [4.69, 9.17) is 5.73 Å². The van der Waals surface area contributed by atoms with Crippen molar-refractivity contribution in [1.29, 1.82) is 0 Å². The van der Waals surface area contributed by atoms with Gasteiger partial charge in [-0.25, -0.2) is 8.42 Å². The Morgan fingerprint density at radius 1 is 1.05 bits per heavy atom. The van der Waals surface area contributed by atoms with E-state index < -0.39 is 38.2 Å². The Kier molecular flexibility index (Phi) is 7.35. The van der Waals surface area contributed by atoms with Crippen LogP contribution in [0.5, 0.6) is 0 Å². The zero-order chi connectivity index (χ0) is 28.9. The second-order valence-corrected chi connectivity index (χ2v) is 13.0. The number of alkyl halides is 3. The van der Waals surface area contributed by atoms with Gasteiger partial charge in [0.05, 0.1) is 22.5 Å². The van der Waals surface area contributed by atoms with E-state index >= 15 is 0 Å². The Morgan fingerprint density at radius 2 is 1.82 bits per heavy atom. The molecule has 3 aromatic rings. The summed E-state index contributed by atoms with van der Waals surface area (Å²) in [5.74, 6) is -0.329. The number of rotatable bonds is 6. The van der Waals surface area contributed by atoms with E-state index in [1.165, 1.54) is 0 Å². The molecule has 0 saturated heterocycles. The molecule has 2 unspecified atom stereocenters. The van der Waals surface area contributed by atoms with Gasteiger partial charge in [0.25, 0.3) is 0 Å². The van der Waals surface area contributed by atoms with E-state index in [9.17, 15) is 26.4 Å². The van der Waals surface area contributed by atoms with Crippen LogP contribution in [0.4, 0.5) is 13.2 Å². The fourth-order valence-corrected chi connectivity index (χ4v) is 7.34. The summed E-state index contributed by atoms with van der Waals surface area (Å²) in [5.41, 5.74) is 8.53. The Labute approximate surface area is 232 Å². The second kappa shape index (κ2) is 10.4. The maximum atomic E-state index is 13.7. The lowest BCUT2D eigenvalue weighted by atomic mass is 9.83. The van der Waals surface area contributed by atoms with Crippen LogP contribution in [0, 0.1) is 0 Å². The highest BCUT2D eigenvalue weighted by Crippen LogP contribution is 2.37. The van der Waals surface area contributed by atoms with Crippen LogP contribution in [-0.4, -0.2) is 29.7 Å². The first kappa shape index (κ1) is 28.4. The molecule has 40 heavy (non-hydrogen) atoms. The number of amides is 1. The lowest BCUT2D eigenvalue weighted by Crippen LogP contribution is -2.44. The van der Waals surface area contributed by atoms with Gasteiger partial charge in [0, 0.05) is 36.9 Å². The van der Waals surface area contributed by atoms with Crippen molar-refractivity contribution in [1.82, 2.24) is 14.2 Å². The van der Waals surface area contributed by atoms with Crippen LogP contribution in [0.2, 0.25) is 0 Å². The summed E-state index contributed by atoms with van der Waals surface area (Å²) in [4.78, 5) is 13.0. The van der Waals surface area contributed by atoms with E-state index in [0.717, 1.165) is 58.5 Å². The Bertz CT molecular complexity index is 1530. The van der Waals surface area contributed by atoms with E-state index in [1.807, 2.05) is 36.7 Å². The second-order valence-electron chi connectivity index (χ2n) is 11.1. The van der Waals surface area contributed by atoms with E-state index in [2.05, 4.69) is 11.4 Å². The zero-order valence-electron chi connectivity index (χ0n) is 22.4. The quantitative estimate of drug-likeness (QED) is 0.432. The number of fused-ring (bicyclic) bond motifs is 2. The fraction of sp³-hybridized carbons (Fsp3) is 0.414. The van der Waals surface area contributed by atoms with E-state index in [-0.39, 0.29) is 24.9 Å². The van der Waals surface area contributed by atoms with Crippen molar-refractivity contribution in [2.45, 2.75) is 74.8 Å². The van der Waals surface area contributed by atoms with Crippen LogP contribution < -0.4 is 11.1 Å². The minimum atomic E-state index is -4.68. The summed E-state index contributed by atoms with van der Waals surface area (Å²) < 4.78 is 70.4. The molecule has 1 aliphatic heterocycles. The van der Waals surface area contributed by atoms with Gasteiger partial charge in [0.15, 0.2) is 0 Å². The minimum absolute atomic E-state index is 0.0299. The molecule has 2 aromatic carbocycles. The molecule has 0 fully saturated rings. The van der Waals surface area contributed by atoms with Gasteiger partial charge < -0.3 is 15.6 Å². The molecule has 214 valence electrons. The Morgan fingerprint density at radius 3 is 2.55 bits per heavy atom. The van der Waals surface area contributed by atoms with Crippen LogP contribution >= 0.6 is 0 Å². The molecule has 0 radical (unpaired) electrons. The number of aromatic nitrogens is 1. The number of halogens is 3. The summed E-state index contributed by atoms with van der Waals surface area (Å²) in [6, 6.07) is 12.2. The van der Waals surface area contributed by atoms with Crippen LogP contribution in [0.3, 0.4) is 0 Å². The molecule has 0 saturated carbocycles. The number of hydrogen-bond donors (Lipinski definition) is 2. The molecule has 1 aliphatic carbocycles. The molecule has 1 amide bonds. The lowest BCUT2D eigenvalue weighted by molar-refractivity contribution is -0.137. The van der Waals surface area contributed by atoms with Gasteiger partial charge in [-0.15, -0.1) is 0 Å². The molecular formula is C29H33F3N4O3S. The summed E-state index contributed by atoms with van der Waals surface area (Å²) in [6.07, 6.45) is -0.528. The molecule has 2 heterocycles. The minimum Gasteiger partial charge on any atom is -0.349 e. The van der Waals surface area contributed by atoms with Crippen molar-refractivity contribution in [3.05, 3.63) is 88.7 Å². The maximum Gasteiger partial charge on any atom is 0.416 e. The van der Waals surface area contributed by atoms with Gasteiger partial charge in [0.1, 0.15) is 0 Å². The monoisotopic (exact) mass is 574 g/mol. The molecule has 2 aliphatic rings. The summed E-state index contributed by atoms with van der Waals surface area (Å²) in [7, 11) is -4.33. The SMILES string of the molecule is CC(C)(N)c1ccc2c(c1)CCCC2NC(=O)CC1c2cccn2CCN1S(=O)(=O)c1cccc(C(F)(F)F)c1. The smallest absolute Gasteiger partial charge is 0.349 e. The number of carbonyl (C=O) groups is 1. The Hall–Kier alpha value is -3.15. The highest BCUT2D eigenvalue weighted by atomic mass is 32.2. The summed E-state index contributed by atoms with van der Waals surface area (Å²) in [6.45, 7) is 4.24. The predicted octanol–water partition coefficient (Wildman–Crippen LogP) is 5.03. The zero-order valence-corrected chi connectivity index (χ0v) is 23.2. The van der Waals surface area contributed by atoms with E-state index in [1.54, 1.807) is 12.1 Å². The van der Waals surface area contributed by atoms with Gasteiger partial charge in [-0.2, -0.15) is 17.5 Å². The van der Waals surface area contributed by atoms with Crippen LogP contribution in [0.25, 0.3) is 0 Å². The standard InChI is InChI=1S/C29H33F3N4O3S/c1-28(2,33)20-11-12-23-19(16-20)6-3-9-24(23)34-27(37)18-26-25-10-5-13-35(25)14-15-36(26)40(38,39)22-8-4-7-21(17-22)29(30,31)32/h4-5,7-8,10-13,16-17,24,26H,3,6,9,14-15,18,33H2,1-2H3,(H,34,37). The van der Waals surface area contributed by atoms with Gasteiger partial charge >= 0.3 is 6.18 Å². The van der Waals surface area contributed by atoms with Gasteiger partial charge in [-0.1, -0.05) is 24.3 Å². The summed E-state index contributed by atoms with van der Waals surface area (Å²) in [5, 5.41) is 3.09. The molecule has 3 N–H and O–H groups in total. The number of hydrogen-bond acceptors (Lipinski definition) is 4. The topological polar surface area (TPSA) is 97.4 Å². The first-order valence-electron chi connectivity index (χ1n) is 13.3. The van der Waals surface area contributed by atoms with Gasteiger partial charge in [-0.3, -0.25) is 4.79 Å². The number of nitrogens with zero attached hydrogens (tertiary/aromatic N) is 2. The van der Waals surface area contributed by atoms with E-state index in [0.29, 0.717) is 18.3 Å². The largest absolute Gasteiger partial charge is 0.416 e. The molecular weight excluding hydrogens is 541 g/mol. The predicted molar refractivity (Wildman–Crippen MR) is 145 cm³/mol. The number of nitrogens with two attached hydrogens (primary N) is 1. The molecule has 11 heteroatoms. The van der Waals surface area contributed by atoms with Crippen molar-refractivity contribution in [2.24, 2.45) is 5.73 Å². The third-order valence-electron chi connectivity index (χ3n) is 7.80. The average molecular weight is 575 g/mol. The average Bonchev–Trinajstić information content (AvgIpc) is 3.37. The third kappa shape index (κ3) is 5.55. The molecule has 1 aromatic heterocycles. The fourth-order valence-electron chi connectivity index (χ4n) is 5.70. The van der Waals surface area contributed by atoms with Crippen LogP contribution in [0.15, 0.2) is 65.7 Å². The van der Waals surface area contributed by atoms with Crippen LogP contribution in [-0.2, 0) is 39.5 Å². The van der Waals surface area contributed by atoms with Gasteiger partial charge in [-0.05, 0) is 80.1 Å². The Balaban J connectivity index is 1.41. The maximum absolute atomic E-state index is 13.7. The molecule has 5 rings (SSSR count). The normalized spacial score (nSPS) is 20.1. The first-order chi connectivity index (χ1) is 18.7. The molecule has 0 spiro atoms. The number of nitrogens with one attached hydrogen (secondary N) is 1.